The number of para-hydroxylation sites is 1. The van der Waals surface area contributed by atoms with Gasteiger partial charge < -0.3 is 5.43 Å². The number of anilines is 1. The van der Waals surface area contributed by atoms with Crippen molar-refractivity contribution in [3.05, 3.63) is 62.8 Å². The molecule has 0 spiro atoms. The van der Waals surface area contributed by atoms with Gasteiger partial charge in [-0.25, -0.2) is 9.78 Å². The number of aromatic nitrogens is 2. The zero-order valence-electron chi connectivity index (χ0n) is 9.81. The molecule has 0 aliphatic heterocycles. The summed E-state index contributed by atoms with van der Waals surface area (Å²) in [5.41, 5.74) is 2.45. The van der Waals surface area contributed by atoms with E-state index in [-0.39, 0.29) is 17.9 Å². The van der Waals surface area contributed by atoms with Gasteiger partial charge in [-0.15, -0.1) is 0 Å². The van der Waals surface area contributed by atoms with Crippen molar-refractivity contribution in [3.63, 3.8) is 0 Å². The molecule has 3 N–H and O–H groups in total. The van der Waals surface area contributed by atoms with Crippen molar-refractivity contribution < 1.29 is 4.92 Å². The molecule has 8 heteroatoms. The van der Waals surface area contributed by atoms with Crippen LogP contribution in [0, 0.1) is 10.1 Å². The molecular formula is C11H11N5O3. The van der Waals surface area contributed by atoms with E-state index >= 15 is 0 Å². The Kier molecular flexibility index (Phi) is 3.53. The van der Waals surface area contributed by atoms with E-state index in [2.05, 4.69) is 10.4 Å². The molecule has 19 heavy (non-hydrogen) atoms. The molecular weight excluding hydrogens is 250 g/mol. The number of benzene rings is 1. The van der Waals surface area contributed by atoms with Gasteiger partial charge >= 0.3 is 5.69 Å². The maximum atomic E-state index is 11.5. The second kappa shape index (κ2) is 5.27. The predicted octanol–water partition coefficient (Wildman–Crippen LogP) is 0.485. The highest BCUT2D eigenvalue weighted by molar-refractivity contribution is 5.65. The second-order valence-electron chi connectivity index (χ2n) is 3.74. The maximum absolute atomic E-state index is 11.5. The first-order valence-electron chi connectivity index (χ1n) is 5.38. The SMILES string of the molecule is NNc1c(Cn2cccnc2=O)cccc1[N+](=O)[O-]. The molecule has 0 aliphatic carbocycles. The van der Waals surface area contributed by atoms with Gasteiger partial charge in [0.15, 0.2) is 0 Å². The first-order chi connectivity index (χ1) is 9.13. The van der Waals surface area contributed by atoms with Gasteiger partial charge in [-0.3, -0.25) is 20.5 Å². The minimum Gasteiger partial charge on any atom is -0.318 e. The van der Waals surface area contributed by atoms with E-state index in [0.29, 0.717) is 5.56 Å². The van der Waals surface area contributed by atoms with Gasteiger partial charge in [-0.2, -0.15) is 0 Å². The molecule has 0 saturated carbocycles. The van der Waals surface area contributed by atoms with Crippen molar-refractivity contribution in [1.82, 2.24) is 9.55 Å². The normalized spacial score (nSPS) is 10.2. The zero-order valence-corrected chi connectivity index (χ0v) is 9.81. The molecule has 0 radical (unpaired) electrons. The summed E-state index contributed by atoms with van der Waals surface area (Å²) < 4.78 is 1.33. The van der Waals surface area contributed by atoms with Gasteiger partial charge in [-0.05, 0) is 6.07 Å². The Labute approximate surface area is 107 Å². The van der Waals surface area contributed by atoms with Crippen LogP contribution in [0.1, 0.15) is 5.56 Å². The lowest BCUT2D eigenvalue weighted by atomic mass is 10.1. The number of hydrazine groups is 1. The third-order valence-corrected chi connectivity index (χ3v) is 2.59. The molecule has 0 aliphatic rings. The number of hydrogen-bond acceptors (Lipinski definition) is 6. The zero-order chi connectivity index (χ0) is 13.8. The molecule has 0 saturated heterocycles. The van der Waals surface area contributed by atoms with Crippen molar-refractivity contribution in [2.45, 2.75) is 6.54 Å². The molecule has 2 aromatic rings. The molecule has 0 fully saturated rings. The topological polar surface area (TPSA) is 116 Å². The number of nitro groups is 1. The summed E-state index contributed by atoms with van der Waals surface area (Å²) in [4.78, 5) is 25.5. The molecule has 1 heterocycles. The summed E-state index contributed by atoms with van der Waals surface area (Å²) in [5.74, 6) is 5.32. The highest BCUT2D eigenvalue weighted by Gasteiger charge is 2.16. The maximum Gasteiger partial charge on any atom is 0.347 e. The van der Waals surface area contributed by atoms with Crippen molar-refractivity contribution in [3.8, 4) is 0 Å². The van der Waals surface area contributed by atoms with E-state index < -0.39 is 10.6 Å². The lowest BCUT2D eigenvalue weighted by Gasteiger charge is -2.10. The Morgan fingerprint density at radius 3 is 2.84 bits per heavy atom. The monoisotopic (exact) mass is 261 g/mol. The van der Waals surface area contributed by atoms with Crippen LogP contribution < -0.4 is 17.0 Å². The van der Waals surface area contributed by atoms with E-state index in [0.717, 1.165) is 0 Å². The molecule has 2 rings (SSSR count). The van der Waals surface area contributed by atoms with E-state index in [1.54, 1.807) is 18.3 Å². The van der Waals surface area contributed by atoms with Crippen molar-refractivity contribution in [2.75, 3.05) is 5.43 Å². The number of nitro benzene ring substituents is 1. The molecule has 0 bridgehead atoms. The highest BCUT2D eigenvalue weighted by atomic mass is 16.6. The van der Waals surface area contributed by atoms with Crippen LogP contribution in [0.5, 0.6) is 0 Å². The average molecular weight is 261 g/mol. The van der Waals surface area contributed by atoms with E-state index in [4.69, 9.17) is 5.84 Å². The summed E-state index contributed by atoms with van der Waals surface area (Å²) in [6.07, 6.45) is 2.93. The molecule has 0 unspecified atom stereocenters. The Morgan fingerprint density at radius 2 is 2.21 bits per heavy atom. The Bertz CT molecular complexity index is 667. The molecule has 0 atom stereocenters. The first kappa shape index (κ1) is 12.7. The van der Waals surface area contributed by atoms with E-state index in [9.17, 15) is 14.9 Å². The lowest BCUT2D eigenvalue weighted by Crippen LogP contribution is -2.23. The minimum absolute atomic E-state index is 0.142. The minimum atomic E-state index is -0.537. The van der Waals surface area contributed by atoms with Gasteiger partial charge in [0, 0.05) is 24.0 Å². The summed E-state index contributed by atoms with van der Waals surface area (Å²) >= 11 is 0. The summed E-state index contributed by atoms with van der Waals surface area (Å²) in [5, 5.41) is 10.9. The van der Waals surface area contributed by atoms with Crippen molar-refractivity contribution in [1.29, 1.82) is 0 Å². The standard InChI is InChI=1S/C11H11N5O3/c12-14-10-8(3-1-4-9(10)16(18)19)7-15-6-2-5-13-11(15)17/h1-6,14H,7,12H2. The molecule has 8 nitrogen and oxygen atoms in total. The Hall–Kier alpha value is -2.74. The van der Waals surface area contributed by atoms with Crippen LogP contribution in [-0.4, -0.2) is 14.5 Å². The third kappa shape index (κ3) is 2.58. The summed E-state index contributed by atoms with van der Waals surface area (Å²) in [7, 11) is 0. The number of rotatable bonds is 4. The van der Waals surface area contributed by atoms with Crippen LogP contribution >= 0.6 is 0 Å². The van der Waals surface area contributed by atoms with Crippen LogP contribution in [0.2, 0.25) is 0 Å². The van der Waals surface area contributed by atoms with Crippen molar-refractivity contribution >= 4 is 11.4 Å². The fourth-order valence-corrected chi connectivity index (χ4v) is 1.73. The van der Waals surface area contributed by atoms with Crippen LogP contribution in [-0.2, 0) is 6.54 Å². The van der Waals surface area contributed by atoms with Crippen LogP contribution in [0.15, 0.2) is 41.5 Å². The van der Waals surface area contributed by atoms with Crippen LogP contribution in [0.25, 0.3) is 0 Å². The largest absolute Gasteiger partial charge is 0.347 e. The number of nitrogen functional groups attached to an aromatic ring is 1. The van der Waals surface area contributed by atoms with Gasteiger partial charge in [0.1, 0.15) is 5.69 Å². The van der Waals surface area contributed by atoms with Crippen molar-refractivity contribution in [2.24, 2.45) is 5.84 Å². The predicted molar refractivity (Wildman–Crippen MR) is 68.5 cm³/mol. The van der Waals surface area contributed by atoms with E-state index in [1.807, 2.05) is 0 Å². The molecule has 1 aromatic heterocycles. The number of nitrogens with two attached hydrogens (primary N) is 1. The number of nitrogens with one attached hydrogen (secondary N) is 1. The third-order valence-electron chi connectivity index (χ3n) is 2.59. The fourth-order valence-electron chi connectivity index (χ4n) is 1.73. The van der Waals surface area contributed by atoms with Crippen LogP contribution in [0.3, 0.4) is 0 Å². The number of hydrogen-bond donors (Lipinski definition) is 2. The smallest absolute Gasteiger partial charge is 0.318 e. The van der Waals surface area contributed by atoms with Gasteiger partial charge in [0.2, 0.25) is 0 Å². The van der Waals surface area contributed by atoms with Gasteiger partial charge in [-0.1, -0.05) is 12.1 Å². The highest BCUT2D eigenvalue weighted by Crippen LogP contribution is 2.27. The fraction of sp³-hybridized carbons (Fsp3) is 0.0909. The summed E-state index contributed by atoms with van der Waals surface area (Å²) in [6.45, 7) is 0.147. The summed E-state index contributed by atoms with van der Waals surface area (Å²) in [6, 6.07) is 6.14. The van der Waals surface area contributed by atoms with Gasteiger partial charge in [0.25, 0.3) is 5.69 Å². The molecule has 0 amide bonds. The first-order valence-corrected chi connectivity index (χ1v) is 5.38. The van der Waals surface area contributed by atoms with Gasteiger partial charge in [0.05, 0.1) is 11.5 Å². The molecule has 98 valence electrons. The Balaban J connectivity index is 2.46. The second-order valence-corrected chi connectivity index (χ2v) is 3.74. The average Bonchev–Trinajstić information content (AvgIpc) is 2.41. The Morgan fingerprint density at radius 1 is 1.42 bits per heavy atom. The number of nitrogens with zero attached hydrogens (tertiary/aromatic N) is 3. The van der Waals surface area contributed by atoms with E-state index in [1.165, 1.54) is 22.9 Å². The quantitative estimate of drug-likeness (QED) is 0.470. The molecule has 1 aromatic carbocycles. The van der Waals surface area contributed by atoms with Crippen LogP contribution in [0.4, 0.5) is 11.4 Å². The lowest BCUT2D eigenvalue weighted by molar-refractivity contribution is -0.384.